The van der Waals surface area contributed by atoms with E-state index >= 15 is 0 Å². The number of carbonyl (C=O) groups excluding carboxylic acids is 1. The van der Waals surface area contributed by atoms with Gasteiger partial charge in [-0.15, -0.1) is 11.3 Å². The third kappa shape index (κ3) is 2.25. The molecule has 1 aromatic heterocycles. The third-order valence-electron chi connectivity index (χ3n) is 3.01. The molecule has 94 valence electrons. The van der Waals surface area contributed by atoms with E-state index in [-0.39, 0.29) is 5.97 Å². The number of rotatable bonds is 2. The molecule has 0 spiro atoms. The van der Waals surface area contributed by atoms with Gasteiger partial charge in [0.25, 0.3) is 0 Å². The van der Waals surface area contributed by atoms with Crippen molar-refractivity contribution < 1.29 is 9.53 Å². The van der Waals surface area contributed by atoms with E-state index in [9.17, 15) is 4.79 Å². The van der Waals surface area contributed by atoms with Crippen molar-refractivity contribution in [3.8, 4) is 0 Å². The average molecular weight is 268 g/mol. The molecule has 0 saturated heterocycles. The maximum Gasteiger partial charge on any atom is 0.330 e. The Balaban J connectivity index is 2.11. The summed E-state index contributed by atoms with van der Waals surface area (Å²) in [6.07, 6.45) is 3.22. The second kappa shape index (κ2) is 4.86. The van der Waals surface area contributed by atoms with Gasteiger partial charge in [-0.05, 0) is 29.8 Å². The standard InChI is InChI=1S/C16H12O2S/c1-18-16(17)9-7-11-6-8-15-13(10-11)12-4-2-3-5-14(12)19-15/h2-10H,1H3. The largest absolute Gasteiger partial charge is 0.466 e. The van der Waals surface area contributed by atoms with E-state index in [0.29, 0.717) is 0 Å². The van der Waals surface area contributed by atoms with Gasteiger partial charge in [-0.3, -0.25) is 0 Å². The summed E-state index contributed by atoms with van der Waals surface area (Å²) < 4.78 is 7.14. The van der Waals surface area contributed by atoms with E-state index in [1.54, 1.807) is 17.4 Å². The Morgan fingerprint density at radius 3 is 2.74 bits per heavy atom. The summed E-state index contributed by atoms with van der Waals surface area (Å²) in [7, 11) is 1.38. The van der Waals surface area contributed by atoms with E-state index in [1.165, 1.54) is 33.4 Å². The molecule has 2 nitrogen and oxygen atoms in total. The lowest BCUT2D eigenvalue weighted by Crippen LogP contribution is -1.93. The molecule has 0 amide bonds. The zero-order valence-corrected chi connectivity index (χ0v) is 11.2. The van der Waals surface area contributed by atoms with Crippen LogP contribution >= 0.6 is 11.3 Å². The summed E-state index contributed by atoms with van der Waals surface area (Å²) in [6.45, 7) is 0. The molecule has 3 rings (SSSR count). The maximum absolute atomic E-state index is 11.1. The normalized spacial score (nSPS) is 11.4. The topological polar surface area (TPSA) is 26.3 Å². The molecule has 0 bridgehead atoms. The zero-order chi connectivity index (χ0) is 13.2. The molecule has 0 atom stereocenters. The molecule has 2 aromatic carbocycles. The van der Waals surface area contributed by atoms with Crippen molar-refractivity contribution in [3.05, 3.63) is 54.1 Å². The Kier molecular flexibility index (Phi) is 3.05. The molecule has 3 aromatic rings. The summed E-state index contributed by atoms with van der Waals surface area (Å²) in [4.78, 5) is 11.1. The average Bonchev–Trinajstić information content (AvgIpc) is 2.82. The number of carbonyl (C=O) groups is 1. The lowest BCUT2D eigenvalue weighted by molar-refractivity contribution is -0.134. The first-order valence-electron chi connectivity index (χ1n) is 5.95. The van der Waals surface area contributed by atoms with Crippen LogP contribution in [-0.2, 0) is 9.53 Å². The number of fused-ring (bicyclic) bond motifs is 3. The van der Waals surface area contributed by atoms with Crippen molar-refractivity contribution in [2.75, 3.05) is 7.11 Å². The van der Waals surface area contributed by atoms with Crippen LogP contribution in [0.15, 0.2) is 48.5 Å². The Hall–Kier alpha value is -2.13. The van der Waals surface area contributed by atoms with E-state index in [0.717, 1.165) is 5.56 Å². The number of esters is 1. The molecule has 0 radical (unpaired) electrons. The van der Waals surface area contributed by atoms with Gasteiger partial charge >= 0.3 is 5.97 Å². The molecule has 0 saturated carbocycles. The highest BCUT2D eigenvalue weighted by atomic mass is 32.1. The lowest BCUT2D eigenvalue weighted by atomic mass is 10.1. The second-order valence-electron chi connectivity index (χ2n) is 4.21. The van der Waals surface area contributed by atoms with Crippen molar-refractivity contribution in [2.24, 2.45) is 0 Å². The summed E-state index contributed by atoms with van der Waals surface area (Å²) in [5.41, 5.74) is 1.00. The van der Waals surface area contributed by atoms with Gasteiger partial charge in [-0.2, -0.15) is 0 Å². The number of methoxy groups -OCH3 is 1. The van der Waals surface area contributed by atoms with Gasteiger partial charge < -0.3 is 4.74 Å². The summed E-state index contributed by atoms with van der Waals surface area (Å²) in [5, 5.41) is 2.49. The highest BCUT2D eigenvalue weighted by Gasteiger charge is 2.04. The maximum atomic E-state index is 11.1. The highest BCUT2D eigenvalue weighted by molar-refractivity contribution is 7.25. The van der Waals surface area contributed by atoms with E-state index in [2.05, 4.69) is 35.1 Å². The smallest absolute Gasteiger partial charge is 0.330 e. The van der Waals surface area contributed by atoms with Crippen LogP contribution in [0.5, 0.6) is 0 Å². The number of thiophene rings is 1. The van der Waals surface area contributed by atoms with Crippen LogP contribution < -0.4 is 0 Å². The quantitative estimate of drug-likeness (QED) is 0.513. The van der Waals surface area contributed by atoms with Gasteiger partial charge in [0.05, 0.1) is 7.11 Å². The molecular formula is C16H12O2S. The predicted molar refractivity (Wildman–Crippen MR) is 80.4 cm³/mol. The van der Waals surface area contributed by atoms with Gasteiger partial charge in [0.15, 0.2) is 0 Å². The van der Waals surface area contributed by atoms with Crippen molar-refractivity contribution in [1.29, 1.82) is 0 Å². The van der Waals surface area contributed by atoms with Crippen LogP contribution in [0.1, 0.15) is 5.56 Å². The first kappa shape index (κ1) is 11.9. The van der Waals surface area contributed by atoms with Crippen LogP contribution in [0, 0.1) is 0 Å². The summed E-state index contributed by atoms with van der Waals surface area (Å²) >= 11 is 1.78. The molecule has 0 fully saturated rings. The predicted octanol–water partition coefficient (Wildman–Crippen LogP) is 4.24. The second-order valence-corrected chi connectivity index (χ2v) is 5.29. The van der Waals surface area contributed by atoms with Crippen molar-refractivity contribution in [3.63, 3.8) is 0 Å². The molecule has 3 heteroatoms. The number of benzene rings is 2. The van der Waals surface area contributed by atoms with Crippen LogP contribution in [-0.4, -0.2) is 13.1 Å². The van der Waals surface area contributed by atoms with E-state index < -0.39 is 0 Å². The minimum atomic E-state index is -0.338. The minimum Gasteiger partial charge on any atom is -0.466 e. The Bertz CT molecular complexity index is 784. The third-order valence-corrected chi connectivity index (χ3v) is 4.17. The molecular weight excluding hydrogens is 256 g/mol. The summed E-state index contributed by atoms with van der Waals surface area (Å²) in [6, 6.07) is 14.6. The molecule has 1 heterocycles. The first-order chi connectivity index (χ1) is 9.28. The monoisotopic (exact) mass is 268 g/mol. The number of hydrogen-bond donors (Lipinski definition) is 0. The fourth-order valence-corrected chi connectivity index (χ4v) is 3.17. The van der Waals surface area contributed by atoms with Crippen molar-refractivity contribution >= 4 is 43.6 Å². The van der Waals surface area contributed by atoms with Crippen LogP contribution in [0.4, 0.5) is 0 Å². The van der Waals surface area contributed by atoms with Gasteiger partial charge in [0, 0.05) is 26.2 Å². The Morgan fingerprint density at radius 1 is 1.11 bits per heavy atom. The van der Waals surface area contributed by atoms with Gasteiger partial charge in [0.1, 0.15) is 0 Å². The minimum absolute atomic E-state index is 0.338. The molecule has 0 aliphatic carbocycles. The number of hydrogen-bond acceptors (Lipinski definition) is 3. The van der Waals surface area contributed by atoms with Gasteiger partial charge in [0.2, 0.25) is 0 Å². The fraction of sp³-hybridized carbons (Fsp3) is 0.0625. The van der Waals surface area contributed by atoms with Crippen LogP contribution in [0.25, 0.3) is 26.2 Å². The van der Waals surface area contributed by atoms with E-state index in [4.69, 9.17) is 0 Å². The Labute approximate surface area is 114 Å². The molecule has 0 aliphatic heterocycles. The fourth-order valence-electron chi connectivity index (χ4n) is 2.08. The molecule has 0 N–H and O–H groups in total. The SMILES string of the molecule is COC(=O)C=Cc1ccc2sc3ccccc3c2c1. The van der Waals surface area contributed by atoms with E-state index in [1.807, 2.05) is 12.1 Å². The first-order valence-corrected chi connectivity index (χ1v) is 6.77. The Morgan fingerprint density at radius 2 is 1.89 bits per heavy atom. The van der Waals surface area contributed by atoms with Crippen LogP contribution in [0.2, 0.25) is 0 Å². The van der Waals surface area contributed by atoms with Gasteiger partial charge in [-0.1, -0.05) is 24.3 Å². The highest BCUT2D eigenvalue weighted by Crippen LogP contribution is 2.34. The number of ether oxygens (including phenoxy) is 1. The molecule has 19 heavy (non-hydrogen) atoms. The lowest BCUT2D eigenvalue weighted by Gasteiger charge is -1.95. The summed E-state index contributed by atoms with van der Waals surface area (Å²) in [5.74, 6) is -0.338. The molecule has 0 unspecified atom stereocenters. The van der Waals surface area contributed by atoms with Crippen LogP contribution in [0.3, 0.4) is 0 Å². The zero-order valence-electron chi connectivity index (χ0n) is 10.4. The van der Waals surface area contributed by atoms with Crippen molar-refractivity contribution in [1.82, 2.24) is 0 Å². The van der Waals surface area contributed by atoms with Crippen molar-refractivity contribution in [2.45, 2.75) is 0 Å². The molecule has 0 aliphatic rings. The van der Waals surface area contributed by atoms with Gasteiger partial charge in [-0.25, -0.2) is 4.79 Å².